The van der Waals surface area contributed by atoms with Gasteiger partial charge in [0.1, 0.15) is 7.05 Å². The third-order valence-electron chi connectivity index (χ3n) is 2.44. The summed E-state index contributed by atoms with van der Waals surface area (Å²) in [5.41, 5.74) is 0.749. The first kappa shape index (κ1) is 16.3. The molecule has 0 fully saturated rings. The van der Waals surface area contributed by atoms with Gasteiger partial charge in [-0.1, -0.05) is 18.2 Å². The Bertz CT molecular complexity index is 534. The fourth-order valence-electron chi connectivity index (χ4n) is 1.56. The van der Waals surface area contributed by atoms with Crippen molar-refractivity contribution < 1.29 is 26.3 Å². The summed E-state index contributed by atoms with van der Waals surface area (Å²) < 4.78 is 1.99. The molecule has 2 aromatic rings. The molecule has 0 amide bonds. The summed E-state index contributed by atoms with van der Waals surface area (Å²) in [4.78, 5) is 12.2. The first-order chi connectivity index (χ1) is 8.81. The third-order valence-corrected chi connectivity index (χ3v) is 4.79. The zero-order valence-electron chi connectivity index (χ0n) is 10.5. The number of benzene rings is 1. The van der Waals surface area contributed by atoms with E-state index >= 15 is 0 Å². The van der Waals surface area contributed by atoms with E-state index in [-0.39, 0.29) is 17.0 Å². The number of pyridine rings is 1. The SMILES string of the molecule is C[n+]1cccc(C=O)c1SCSc1ccccc1.[Br-]. The maximum atomic E-state index is 11.0. The van der Waals surface area contributed by atoms with Crippen LogP contribution in [0.25, 0.3) is 0 Å². The number of hydrogen-bond acceptors (Lipinski definition) is 3. The summed E-state index contributed by atoms with van der Waals surface area (Å²) >= 11 is 3.46. The fourth-order valence-corrected chi connectivity index (χ4v) is 3.69. The van der Waals surface area contributed by atoms with Gasteiger partial charge >= 0.3 is 0 Å². The molecule has 0 aliphatic rings. The van der Waals surface area contributed by atoms with E-state index in [1.54, 1.807) is 23.5 Å². The Morgan fingerprint density at radius 2 is 1.84 bits per heavy atom. The Labute approximate surface area is 132 Å². The molecule has 2 nitrogen and oxygen atoms in total. The third kappa shape index (κ3) is 4.67. The number of hydrogen-bond donors (Lipinski definition) is 0. The van der Waals surface area contributed by atoms with Crippen molar-refractivity contribution in [2.75, 3.05) is 5.08 Å². The molecule has 1 aromatic heterocycles. The first-order valence-corrected chi connectivity index (χ1v) is 7.53. The number of nitrogens with zero attached hydrogens (tertiary/aromatic N) is 1. The lowest BCUT2D eigenvalue weighted by Gasteiger charge is -2.02. The van der Waals surface area contributed by atoms with E-state index in [9.17, 15) is 4.79 Å². The van der Waals surface area contributed by atoms with Crippen molar-refractivity contribution in [2.24, 2.45) is 7.05 Å². The van der Waals surface area contributed by atoms with Crippen LogP contribution >= 0.6 is 23.5 Å². The van der Waals surface area contributed by atoms with Crippen molar-refractivity contribution in [2.45, 2.75) is 9.92 Å². The molecule has 0 radical (unpaired) electrons. The minimum atomic E-state index is 0. The van der Waals surface area contributed by atoms with Crippen LogP contribution in [-0.4, -0.2) is 11.4 Å². The second-order valence-corrected chi connectivity index (χ2v) is 6.10. The molecule has 0 spiro atoms. The van der Waals surface area contributed by atoms with Crippen LogP contribution in [0, 0.1) is 0 Å². The fraction of sp³-hybridized carbons (Fsp3) is 0.143. The summed E-state index contributed by atoms with van der Waals surface area (Å²) in [6.07, 6.45) is 2.87. The number of aldehydes is 1. The van der Waals surface area contributed by atoms with Crippen molar-refractivity contribution in [3.63, 3.8) is 0 Å². The molecule has 100 valence electrons. The van der Waals surface area contributed by atoms with Crippen LogP contribution in [0.15, 0.2) is 58.6 Å². The maximum absolute atomic E-state index is 11.0. The Morgan fingerprint density at radius 1 is 1.11 bits per heavy atom. The van der Waals surface area contributed by atoms with Crippen molar-refractivity contribution in [3.8, 4) is 0 Å². The van der Waals surface area contributed by atoms with E-state index in [1.807, 2.05) is 48.1 Å². The standard InChI is InChI=1S/C14H14NOS2.BrH/c1-15-9-5-6-12(10-16)14(15)18-11-17-13-7-3-2-4-8-13;/h2-10H,11H2,1H3;1H/q+1;/p-1. The molecule has 0 aliphatic heterocycles. The topological polar surface area (TPSA) is 20.9 Å². The molecule has 0 saturated carbocycles. The highest BCUT2D eigenvalue weighted by molar-refractivity contribution is 8.15. The first-order valence-electron chi connectivity index (χ1n) is 5.56. The molecular weight excluding hydrogens is 342 g/mol. The summed E-state index contributed by atoms with van der Waals surface area (Å²) in [5.74, 6) is 0. The Morgan fingerprint density at radius 3 is 2.53 bits per heavy atom. The monoisotopic (exact) mass is 355 g/mol. The van der Waals surface area contributed by atoms with Crippen LogP contribution < -0.4 is 21.5 Å². The molecule has 1 aromatic carbocycles. The zero-order valence-corrected chi connectivity index (χ0v) is 13.7. The van der Waals surface area contributed by atoms with Gasteiger partial charge in [-0.25, -0.2) is 0 Å². The lowest BCUT2D eigenvalue weighted by molar-refractivity contribution is -0.708. The van der Waals surface area contributed by atoms with Gasteiger partial charge in [-0.05, 0) is 30.0 Å². The molecule has 0 aliphatic carbocycles. The smallest absolute Gasteiger partial charge is 0.251 e. The van der Waals surface area contributed by atoms with Crippen molar-refractivity contribution in [3.05, 3.63) is 54.2 Å². The van der Waals surface area contributed by atoms with E-state index in [0.29, 0.717) is 0 Å². The van der Waals surface area contributed by atoms with Crippen LogP contribution in [0.4, 0.5) is 0 Å². The molecule has 5 heteroatoms. The Hall–Kier alpha value is -0.780. The summed E-state index contributed by atoms with van der Waals surface area (Å²) in [6.45, 7) is 0. The molecule has 0 bridgehead atoms. The van der Waals surface area contributed by atoms with E-state index in [4.69, 9.17) is 0 Å². The van der Waals surface area contributed by atoms with E-state index in [2.05, 4.69) is 12.1 Å². The van der Waals surface area contributed by atoms with E-state index < -0.39 is 0 Å². The van der Waals surface area contributed by atoms with Gasteiger partial charge in [0.15, 0.2) is 12.5 Å². The van der Waals surface area contributed by atoms with Crippen molar-refractivity contribution in [1.82, 2.24) is 0 Å². The van der Waals surface area contributed by atoms with Crippen LogP contribution in [0.2, 0.25) is 0 Å². The lowest BCUT2D eigenvalue weighted by Crippen LogP contribution is -3.00. The second-order valence-electron chi connectivity index (χ2n) is 3.72. The van der Waals surface area contributed by atoms with Crippen molar-refractivity contribution in [1.29, 1.82) is 0 Å². The maximum Gasteiger partial charge on any atom is 0.251 e. The van der Waals surface area contributed by atoms with Gasteiger partial charge in [-0.15, -0.1) is 11.8 Å². The number of carbonyl (C=O) groups is 1. The Kier molecular flexibility index (Phi) is 7.20. The summed E-state index contributed by atoms with van der Waals surface area (Å²) in [6, 6.07) is 14.0. The highest BCUT2D eigenvalue weighted by atomic mass is 79.9. The van der Waals surface area contributed by atoms with Gasteiger partial charge in [0.25, 0.3) is 5.03 Å². The average molecular weight is 356 g/mol. The predicted molar refractivity (Wildman–Crippen MR) is 76.0 cm³/mol. The normalized spacial score (nSPS) is 9.74. The molecule has 2 rings (SSSR count). The molecule has 0 unspecified atom stereocenters. The number of halogens is 1. The molecule has 0 atom stereocenters. The summed E-state index contributed by atoms with van der Waals surface area (Å²) in [7, 11) is 1.96. The largest absolute Gasteiger partial charge is 1.00 e. The van der Waals surface area contributed by atoms with Gasteiger partial charge in [0.2, 0.25) is 0 Å². The van der Waals surface area contributed by atoms with Gasteiger partial charge in [-0.3, -0.25) is 4.79 Å². The van der Waals surface area contributed by atoms with Crippen LogP contribution in [-0.2, 0) is 7.05 Å². The van der Waals surface area contributed by atoms with Gasteiger partial charge in [0, 0.05) is 11.0 Å². The molecule has 0 saturated heterocycles. The minimum Gasteiger partial charge on any atom is -1.00 e. The minimum absolute atomic E-state index is 0. The highest BCUT2D eigenvalue weighted by Gasteiger charge is 2.12. The molecule has 0 N–H and O–H groups in total. The molecule has 19 heavy (non-hydrogen) atoms. The second kappa shape index (κ2) is 8.40. The molecular formula is C14H14BrNOS2. The number of aryl methyl sites for hydroxylation is 1. The Balaban J connectivity index is 0.00000180. The van der Waals surface area contributed by atoms with Gasteiger partial charge in [-0.2, -0.15) is 4.57 Å². The number of carbonyl (C=O) groups excluding carboxylic acids is 1. The van der Waals surface area contributed by atoms with Gasteiger partial charge < -0.3 is 17.0 Å². The average Bonchev–Trinajstić information content (AvgIpc) is 2.41. The van der Waals surface area contributed by atoms with Crippen LogP contribution in [0.5, 0.6) is 0 Å². The quantitative estimate of drug-likeness (QED) is 0.330. The van der Waals surface area contributed by atoms with Crippen LogP contribution in [0.1, 0.15) is 10.4 Å². The predicted octanol–water partition coefficient (Wildman–Crippen LogP) is 0.169. The summed E-state index contributed by atoms with van der Waals surface area (Å²) in [5, 5.41) is 1.90. The van der Waals surface area contributed by atoms with Gasteiger partial charge in [0.05, 0.1) is 10.6 Å². The van der Waals surface area contributed by atoms with Crippen LogP contribution in [0.3, 0.4) is 0 Å². The number of rotatable bonds is 5. The number of thioether (sulfide) groups is 2. The van der Waals surface area contributed by atoms with Crippen molar-refractivity contribution >= 4 is 29.8 Å². The lowest BCUT2D eigenvalue weighted by atomic mass is 10.3. The van der Waals surface area contributed by atoms with E-state index in [1.165, 1.54) is 4.90 Å². The molecule has 1 heterocycles. The number of aromatic nitrogens is 1. The zero-order chi connectivity index (χ0) is 12.8. The highest BCUT2D eigenvalue weighted by Crippen LogP contribution is 2.26. The van der Waals surface area contributed by atoms with E-state index in [0.717, 1.165) is 22.0 Å².